The average molecular weight is 405 g/mol. The molecule has 6 nitrogen and oxygen atoms in total. The number of nitrogens with zero attached hydrogens (tertiary/aromatic N) is 2. The fraction of sp³-hybridized carbons (Fsp3) is 0.263. The van der Waals surface area contributed by atoms with Gasteiger partial charge in [0.25, 0.3) is 0 Å². The minimum Gasteiger partial charge on any atom is -0.453 e. The first-order valence-corrected chi connectivity index (χ1v) is 10.7. The van der Waals surface area contributed by atoms with Crippen molar-refractivity contribution < 1.29 is 17.6 Å². The highest BCUT2D eigenvalue weighted by Crippen LogP contribution is 2.30. The number of carbonyl (C=O) groups is 1. The lowest BCUT2D eigenvalue weighted by Crippen LogP contribution is -2.12. The van der Waals surface area contributed by atoms with Crippen LogP contribution in [0.25, 0.3) is 17.0 Å². The Bertz CT molecular complexity index is 1140. The van der Waals surface area contributed by atoms with Crippen molar-refractivity contribution in [3.63, 3.8) is 0 Å². The molecular formula is C19H17ClN2O4S. The average Bonchev–Trinajstić information content (AvgIpc) is 3.29. The molecule has 0 spiro atoms. The number of aromatic nitrogens is 2. The molecule has 1 atom stereocenters. The van der Waals surface area contributed by atoms with Gasteiger partial charge in [0.05, 0.1) is 23.2 Å². The summed E-state index contributed by atoms with van der Waals surface area (Å²) in [6.45, 7) is 1.77. The van der Waals surface area contributed by atoms with Crippen LogP contribution in [0.3, 0.4) is 0 Å². The molecule has 1 aromatic carbocycles. The Kier molecular flexibility index (Phi) is 4.44. The highest BCUT2D eigenvalue weighted by atomic mass is 35.5. The Morgan fingerprint density at radius 2 is 2.15 bits per heavy atom. The van der Waals surface area contributed by atoms with Gasteiger partial charge in [-0.1, -0.05) is 29.8 Å². The van der Waals surface area contributed by atoms with Gasteiger partial charge < -0.3 is 4.42 Å². The molecule has 3 aromatic rings. The van der Waals surface area contributed by atoms with E-state index >= 15 is 0 Å². The van der Waals surface area contributed by atoms with Crippen molar-refractivity contribution in [1.29, 1.82) is 0 Å². The van der Waals surface area contributed by atoms with Crippen molar-refractivity contribution in [2.75, 3.05) is 11.5 Å². The lowest BCUT2D eigenvalue weighted by atomic mass is 10.2. The van der Waals surface area contributed by atoms with Gasteiger partial charge in [-0.05, 0) is 37.6 Å². The number of fused-ring (bicyclic) bond motifs is 1. The van der Waals surface area contributed by atoms with Crippen LogP contribution in [0.5, 0.6) is 0 Å². The van der Waals surface area contributed by atoms with Crippen LogP contribution in [-0.2, 0) is 9.84 Å². The number of halogens is 1. The maximum atomic E-state index is 12.4. The summed E-state index contributed by atoms with van der Waals surface area (Å²) in [5.74, 6) is 0.144. The Morgan fingerprint density at radius 1 is 1.37 bits per heavy atom. The molecule has 2 aromatic heterocycles. The quantitative estimate of drug-likeness (QED) is 0.487. The molecule has 0 amide bonds. The SMILES string of the molecule is Cc1nn([C@H]2CCS(=O)(=O)C2)c(Cl)c1/C=C/C(=O)c1cc2ccccc2o1. The van der Waals surface area contributed by atoms with Crippen LogP contribution >= 0.6 is 11.6 Å². The molecule has 0 bridgehead atoms. The first kappa shape index (κ1) is 18.0. The first-order chi connectivity index (χ1) is 12.8. The Hall–Kier alpha value is -2.38. The zero-order valence-electron chi connectivity index (χ0n) is 14.6. The van der Waals surface area contributed by atoms with Gasteiger partial charge in [0, 0.05) is 10.9 Å². The van der Waals surface area contributed by atoms with Gasteiger partial charge >= 0.3 is 0 Å². The summed E-state index contributed by atoms with van der Waals surface area (Å²) in [5.41, 5.74) is 1.89. The topological polar surface area (TPSA) is 82.2 Å². The van der Waals surface area contributed by atoms with Gasteiger partial charge in [-0.3, -0.25) is 4.79 Å². The summed E-state index contributed by atoms with van der Waals surface area (Å²) < 4.78 is 30.5. The molecule has 1 aliphatic rings. The van der Waals surface area contributed by atoms with Crippen LogP contribution in [0.1, 0.15) is 34.3 Å². The van der Waals surface area contributed by atoms with Crippen LogP contribution in [-0.4, -0.2) is 35.5 Å². The summed E-state index contributed by atoms with van der Waals surface area (Å²) in [4.78, 5) is 12.4. The van der Waals surface area contributed by atoms with Crippen molar-refractivity contribution in [2.24, 2.45) is 0 Å². The molecule has 8 heteroatoms. The fourth-order valence-electron chi connectivity index (χ4n) is 3.28. The zero-order chi connectivity index (χ0) is 19.2. The van der Waals surface area contributed by atoms with Gasteiger partial charge in [0.15, 0.2) is 15.6 Å². The van der Waals surface area contributed by atoms with Gasteiger partial charge in [-0.15, -0.1) is 0 Å². The lowest BCUT2D eigenvalue weighted by molar-refractivity contribution is 0.102. The Labute approximate surface area is 161 Å². The predicted octanol–water partition coefficient (Wildman–Crippen LogP) is 3.85. The number of para-hydroxylation sites is 1. The smallest absolute Gasteiger partial charge is 0.221 e. The molecule has 0 N–H and O–H groups in total. The van der Waals surface area contributed by atoms with Crippen molar-refractivity contribution in [2.45, 2.75) is 19.4 Å². The molecule has 140 valence electrons. The second-order valence-electron chi connectivity index (χ2n) is 6.64. The molecule has 0 unspecified atom stereocenters. The number of hydrogen-bond acceptors (Lipinski definition) is 5. The van der Waals surface area contributed by atoms with Gasteiger partial charge in [0.1, 0.15) is 10.7 Å². The van der Waals surface area contributed by atoms with E-state index in [0.717, 1.165) is 5.39 Å². The minimum atomic E-state index is -3.04. The van der Waals surface area contributed by atoms with Gasteiger partial charge in [0.2, 0.25) is 5.78 Å². The van der Waals surface area contributed by atoms with E-state index in [-0.39, 0.29) is 29.1 Å². The third kappa shape index (κ3) is 3.44. The van der Waals surface area contributed by atoms with E-state index in [1.54, 1.807) is 29.8 Å². The number of benzene rings is 1. The fourth-order valence-corrected chi connectivity index (χ4v) is 5.34. The Morgan fingerprint density at radius 3 is 2.85 bits per heavy atom. The number of carbonyl (C=O) groups excluding carboxylic acids is 1. The molecule has 3 heterocycles. The summed E-state index contributed by atoms with van der Waals surface area (Å²) in [5, 5.41) is 5.57. The molecule has 1 saturated heterocycles. The molecule has 1 aliphatic heterocycles. The molecular weight excluding hydrogens is 388 g/mol. The van der Waals surface area contributed by atoms with Crippen molar-refractivity contribution >= 4 is 44.3 Å². The highest BCUT2D eigenvalue weighted by Gasteiger charge is 2.31. The number of furan rings is 1. The summed E-state index contributed by atoms with van der Waals surface area (Å²) in [7, 11) is -3.04. The second kappa shape index (κ2) is 6.65. The number of rotatable bonds is 4. The van der Waals surface area contributed by atoms with Crippen LogP contribution in [0.2, 0.25) is 5.15 Å². The zero-order valence-corrected chi connectivity index (χ0v) is 16.1. The first-order valence-electron chi connectivity index (χ1n) is 8.50. The van der Waals surface area contributed by atoms with Gasteiger partial charge in [-0.25, -0.2) is 13.1 Å². The molecule has 0 saturated carbocycles. The number of allylic oxidation sites excluding steroid dienone is 1. The Balaban J connectivity index is 1.59. The standard InChI is InChI=1S/C19H17ClN2O4S/c1-12-15(19(20)22(21-12)14-8-9-27(24,25)11-14)6-7-16(23)18-10-13-4-2-3-5-17(13)26-18/h2-7,10,14H,8-9,11H2,1H3/b7-6+/t14-/m0/s1. The second-order valence-corrected chi connectivity index (χ2v) is 9.22. The van der Waals surface area contributed by atoms with Crippen molar-refractivity contribution in [3.8, 4) is 0 Å². The largest absolute Gasteiger partial charge is 0.453 e. The van der Waals surface area contributed by atoms with E-state index in [1.807, 2.05) is 18.2 Å². The highest BCUT2D eigenvalue weighted by molar-refractivity contribution is 7.91. The third-order valence-electron chi connectivity index (χ3n) is 4.69. The van der Waals surface area contributed by atoms with Crippen LogP contribution in [0.15, 0.2) is 40.8 Å². The van der Waals surface area contributed by atoms with E-state index in [9.17, 15) is 13.2 Å². The van der Waals surface area contributed by atoms with Crippen LogP contribution < -0.4 is 0 Å². The summed E-state index contributed by atoms with van der Waals surface area (Å²) in [6, 6.07) is 8.83. The minimum absolute atomic E-state index is 0.0366. The summed E-state index contributed by atoms with van der Waals surface area (Å²) in [6.07, 6.45) is 3.48. The number of aryl methyl sites for hydroxylation is 1. The van der Waals surface area contributed by atoms with Crippen molar-refractivity contribution in [3.05, 3.63) is 58.6 Å². The molecule has 27 heavy (non-hydrogen) atoms. The van der Waals surface area contributed by atoms with E-state index in [0.29, 0.717) is 28.4 Å². The lowest BCUT2D eigenvalue weighted by Gasteiger charge is -2.09. The van der Waals surface area contributed by atoms with E-state index in [4.69, 9.17) is 16.0 Å². The van der Waals surface area contributed by atoms with Gasteiger partial charge in [-0.2, -0.15) is 5.10 Å². The molecule has 4 rings (SSSR count). The molecule has 1 fully saturated rings. The molecule has 0 radical (unpaired) electrons. The normalized spacial score (nSPS) is 19.3. The third-order valence-corrected chi connectivity index (χ3v) is 6.82. The summed E-state index contributed by atoms with van der Waals surface area (Å²) >= 11 is 6.42. The van der Waals surface area contributed by atoms with E-state index < -0.39 is 9.84 Å². The monoisotopic (exact) mass is 404 g/mol. The molecule has 0 aliphatic carbocycles. The number of sulfone groups is 1. The number of hydrogen-bond donors (Lipinski definition) is 0. The van der Waals surface area contributed by atoms with Crippen LogP contribution in [0, 0.1) is 6.92 Å². The van der Waals surface area contributed by atoms with Crippen molar-refractivity contribution in [1.82, 2.24) is 9.78 Å². The predicted molar refractivity (Wildman–Crippen MR) is 104 cm³/mol. The van der Waals surface area contributed by atoms with E-state index in [1.165, 1.54) is 6.08 Å². The maximum Gasteiger partial charge on any atom is 0.221 e. The van der Waals surface area contributed by atoms with E-state index in [2.05, 4.69) is 5.10 Å². The maximum absolute atomic E-state index is 12.4. The van der Waals surface area contributed by atoms with Crippen LogP contribution in [0.4, 0.5) is 0 Å². The number of ketones is 1.